The fourth-order valence-electron chi connectivity index (χ4n) is 1.04. The molecule has 5 nitrogen and oxygen atoms in total. The average molecular weight is 213 g/mol. The van der Waals surface area contributed by atoms with Crippen molar-refractivity contribution in [2.24, 2.45) is 5.73 Å². The van der Waals surface area contributed by atoms with Crippen molar-refractivity contribution < 1.29 is 0 Å². The average Bonchev–Trinajstić information content (AvgIpc) is 2.02. The molecule has 1 rings (SSSR count). The van der Waals surface area contributed by atoms with Gasteiger partial charge in [-0.05, 0) is 13.8 Å². The third-order valence-electron chi connectivity index (χ3n) is 1.79. The van der Waals surface area contributed by atoms with Crippen LogP contribution >= 0.6 is 12.2 Å². The molecule has 1 aromatic heterocycles. The van der Waals surface area contributed by atoms with Gasteiger partial charge in [-0.2, -0.15) is 0 Å². The van der Waals surface area contributed by atoms with Gasteiger partial charge in [0.1, 0.15) is 4.99 Å². The number of aromatic amines is 1. The Morgan fingerprint density at radius 1 is 1.57 bits per heavy atom. The van der Waals surface area contributed by atoms with Crippen molar-refractivity contribution >= 4 is 17.2 Å². The normalized spacial score (nSPS) is 10.5. The van der Waals surface area contributed by atoms with E-state index < -0.39 is 11.2 Å². The molecular formula is C8H11N3O2S. The van der Waals surface area contributed by atoms with E-state index in [4.69, 9.17) is 5.73 Å². The highest BCUT2D eigenvalue weighted by molar-refractivity contribution is 7.80. The summed E-state index contributed by atoms with van der Waals surface area (Å²) in [5.74, 6) is 0. The van der Waals surface area contributed by atoms with Gasteiger partial charge in [0.15, 0.2) is 0 Å². The highest BCUT2D eigenvalue weighted by atomic mass is 32.1. The number of thiocarbonyl (C=S) groups is 1. The number of nitrogens with two attached hydrogens (primary N) is 1. The predicted molar refractivity (Wildman–Crippen MR) is 57.6 cm³/mol. The molecule has 0 fully saturated rings. The molecular weight excluding hydrogens is 202 g/mol. The zero-order valence-corrected chi connectivity index (χ0v) is 8.72. The fraction of sp³-hybridized carbons (Fsp3) is 0.375. The minimum atomic E-state index is -0.542. The lowest BCUT2D eigenvalue weighted by molar-refractivity contribution is 0.560. The molecule has 1 aromatic rings. The molecule has 0 radical (unpaired) electrons. The molecule has 76 valence electrons. The maximum atomic E-state index is 11.3. The quantitative estimate of drug-likeness (QED) is 0.664. The Labute approximate surface area is 85.6 Å². The molecule has 6 heteroatoms. The van der Waals surface area contributed by atoms with E-state index in [1.165, 1.54) is 10.8 Å². The van der Waals surface area contributed by atoms with Crippen LogP contribution in [0.2, 0.25) is 0 Å². The molecule has 0 aliphatic heterocycles. The van der Waals surface area contributed by atoms with Gasteiger partial charge in [-0.15, -0.1) is 0 Å². The Hall–Kier alpha value is -1.43. The highest BCUT2D eigenvalue weighted by Crippen LogP contribution is 1.98. The Morgan fingerprint density at radius 2 is 2.14 bits per heavy atom. The first kappa shape index (κ1) is 10.6. The summed E-state index contributed by atoms with van der Waals surface area (Å²) in [5.41, 5.74) is 4.49. The van der Waals surface area contributed by atoms with Gasteiger partial charge in [0.05, 0.1) is 5.56 Å². The molecule has 0 aliphatic carbocycles. The van der Waals surface area contributed by atoms with Gasteiger partial charge in [-0.3, -0.25) is 14.3 Å². The molecule has 0 amide bonds. The second-order valence-corrected chi connectivity index (χ2v) is 3.61. The van der Waals surface area contributed by atoms with Gasteiger partial charge >= 0.3 is 5.69 Å². The monoisotopic (exact) mass is 213 g/mol. The third kappa shape index (κ3) is 1.90. The van der Waals surface area contributed by atoms with Crippen LogP contribution in [0.15, 0.2) is 15.8 Å². The van der Waals surface area contributed by atoms with Gasteiger partial charge in [0.25, 0.3) is 5.56 Å². The standard InChI is InChI=1S/C8H11N3O2S/c1-4(2)11-3-5(6(9)14)7(12)10-8(11)13/h3-4H,1-2H3,(H2,9,14)(H,10,12,13). The smallest absolute Gasteiger partial charge is 0.328 e. The van der Waals surface area contributed by atoms with Gasteiger partial charge in [-0.1, -0.05) is 12.2 Å². The Bertz CT molecular complexity index is 472. The molecule has 0 spiro atoms. The van der Waals surface area contributed by atoms with Crippen LogP contribution in [0.4, 0.5) is 0 Å². The van der Waals surface area contributed by atoms with Crippen molar-refractivity contribution in [3.63, 3.8) is 0 Å². The zero-order chi connectivity index (χ0) is 10.9. The Kier molecular flexibility index (Phi) is 2.85. The Balaban J connectivity index is 3.51. The van der Waals surface area contributed by atoms with Crippen molar-refractivity contribution in [2.75, 3.05) is 0 Å². The number of H-pyrrole nitrogens is 1. The first-order valence-electron chi connectivity index (χ1n) is 4.08. The van der Waals surface area contributed by atoms with E-state index in [0.717, 1.165) is 0 Å². The van der Waals surface area contributed by atoms with Gasteiger partial charge < -0.3 is 5.73 Å². The molecule has 3 N–H and O–H groups in total. The molecule has 0 atom stereocenters. The van der Waals surface area contributed by atoms with Crippen molar-refractivity contribution in [1.29, 1.82) is 0 Å². The Morgan fingerprint density at radius 3 is 2.57 bits per heavy atom. The minimum absolute atomic E-state index is 0.0133. The van der Waals surface area contributed by atoms with Crippen LogP contribution in [0.5, 0.6) is 0 Å². The lowest BCUT2D eigenvalue weighted by Crippen LogP contribution is -2.35. The molecule has 0 saturated heterocycles. The molecule has 0 saturated carbocycles. The first-order chi connectivity index (χ1) is 6.43. The summed E-state index contributed by atoms with van der Waals surface area (Å²) in [7, 11) is 0. The lowest BCUT2D eigenvalue weighted by Gasteiger charge is -2.09. The number of nitrogens with zero attached hydrogens (tertiary/aromatic N) is 1. The van der Waals surface area contributed by atoms with Crippen LogP contribution in [-0.2, 0) is 0 Å². The molecule has 0 bridgehead atoms. The maximum absolute atomic E-state index is 11.3. The van der Waals surface area contributed by atoms with Crippen LogP contribution < -0.4 is 17.0 Å². The largest absolute Gasteiger partial charge is 0.389 e. The van der Waals surface area contributed by atoms with Crippen LogP contribution in [-0.4, -0.2) is 14.5 Å². The van der Waals surface area contributed by atoms with Gasteiger partial charge in [-0.25, -0.2) is 4.79 Å². The van der Waals surface area contributed by atoms with Crippen molar-refractivity contribution in [3.05, 3.63) is 32.6 Å². The SMILES string of the molecule is CC(C)n1cc(C(N)=S)c(=O)[nH]c1=O. The molecule has 14 heavy (non-hydrogen) atoms. The summed E-state index contributed by atoms with van der Waals surface area (Å²) < 4.78 is 1.37. The number of nitrogens with one attached hydrogen (secondary N) is 1. The minimum Gasteiger partial charge on any atom is -0.389 e. The van der Waals surface area contributed by atoms with E-state index in [1.807, 2.05) is 13.8 Å². The van der Waals surface area contributed by atoms with E-state index in [2.05, 4.69) is 17.2 Å². The molecule has 0 unspecified atom stereocenters. The van der Waals surface area contributed by atoms with Crippen LogP contribution in [0.3, 0.4) is 0 Å². The van der Waals surface area contributed by atoms with E-state index >= 15 is 0 Å². The summed E-state index contributed by atoms with van der Waals surface area (Å²) in [6, 6.07) is -0.0487. The third-order valence-corrected chi connectivity index (χ3v) is 2.01. The summed E-state index contributed by atoms with van der Waals surface area (Å²) in [4.78, 5) is 24.6. The number of aromatic nitrogens is 2. The van der Waals surface area contributed by atoms with Crippen LogP contribution in [0, 0.1) is 0 Å². The highest BCUT2D eigenvalue weighted by Gasteiger charge is 2.08. The summed E-state index contributed by atoms with van der Waals surface area (Å²) in [5, 5.41) is 0. The summed E-state index contributed by atoms with van der Waals surface area (Å²) in [6.07, 6.45) is 1.38. The second kappa shape index (κ2) is 3.75. The van der Waals surface area contributed by atoms with E-state index in [1.54, 1.807) is 0 Å². The second-order valence-electron chi connectivity index (χ2n) is 3.17. The topological polar surface area (TPSA) is 80.9 Å². The predicted octanol–water partition coefficient (Wildman–Crippen LogP) is -0.248. The molecule has 0 aromatic carbocycles. The zero-order valence-electron chi connectivity index (χ0n) is 7.90. The van der Waals surface area contributed by atoms with Gasteiger partial charge in [0, 0.05) is 12.2 Å². The van der Waals surface area contributed by atoms with Gasteiger partial charge in [0.2, 0.25) is 0 Å². The molecule has 1 heterocycles. The van der Waals surface area contributed by atoms with Crippen molar-refractivity contribution in [3.8, 4) is 0 Å². The summed E-state index contributed by atoms with van der Waals surface area (Å²) >= 11 is 4.68. The van der Waals surface area contributed by atoms with Crippen LogP contribution in [0.25, 0.3) is 0 Å². The first-order valence-corrected chi connectivity index (χ1v) is 4.49. The lowest BCUT2D eigenvalue weighted by atomic mass is 10.3. The van der Waals surface area contributed by atoms with E-state index in [0.29, 0.717) is 0 Å². The number of rotatable bonds is 2. The van der Waals surface area contributed by atoms with E-state index in [9.17, 15) is 9.59 Å². The van der Waals surface area contributed by atoms with Crippen LogP contribution in [0.1, 0.15) is 25.5 Å². The number of hydrogen-bond donors (Lipinski definition) is 2. The number of hydrogen-bond acceptors (Lipinski definition) is 3. The molecule has 0 aliphatic rings. The summed E-state index contributed by atoms with van der Waals surface area (Å²) in [6.45, 7) is 3.64. The fourth-order valence-corrected chi connectivity index (χ4v) is 1.19. The van der Waals surface area contributed by atoms with Crippen molar-refractivity contribution in [1.82, 2.24) is 9.55 Å². The maximum Gasteiger partial charge on any atom is 0.328 e. The van der Waals surface area contributed by atoms with E-state index in [-0.39, 0.29) is 16.6 Å². The van der Waals surface area contributed by atoms with Crippen molar-refractivity contribution in [2.45, 2.75) is 19.9 Å².